The van der Waals surface area contributed by atoms with Gasteiger partial charge in [0.05, 0.1) is 5.69 Å². The highest BCUT2D eigenvalue weighted by Gasteiger charge is 2.20. The van der Waals surface area contributed by atoms with Crippen LogP contribution in [0.2, 0.25) is 5.15 Å². The molecule has 1 N–H and O–H groups in total. The topological polar surface area (TPSA) is 59.1 Å². The van der Waals surface area contributed by atoms with Gasteiger partial charge in [0.1, 0.15) is 15.9 Å². The standard InChI is InChI=1S/C12H10ClFN2O2S/c1-8-4-2-5-9(11(8)14)16-19(17,18)10-6-3-7-15-12(10)13/h2-7,16H,1H3. The molecule has 19 heavy (non-hydrogen) atoms. The third kappa shape index (κ3) is 2.85. The molecule has 0 aliphatic rings. The Labute approximate surface area is 115 Å². The van der Waals surface area contributed by atoms with E-state index in [1.54, 1.807) is 19.1 Å². The first-order chi connectivity index (χ1) is 8.92. The molecule has 4 nitrogen and oxygen atoms in total. The van der Waals surface area contributed by atoms with Gasteiger partial charge in [0, 0.05) is 6.20 Å². The largest absolute Gasteiger partial charge is 0.277 e. The molecule has 0 unspecified atom stereocenters. The monoisotopic (exact) mass is 300 g/mol. The van der Waals surface area contributed by atoms with Crippen LogP contribution in [-0.2, 0) is 10.0 Å². The highest BCUT2D eigenvalue weighted by Crippen LogP contribution is 2.24. The predicted octanol–water partition coefficient (Wildman–Crippen LogP) is 2.98. The van der Waals surface area contributed by atoms with E-state index in [0.717, 1.165) is 0 Å². The first-order valence-corrected chi connectivity index (χ1v) is 7.16. The maximum Gasteiger partial charge on any atom is 0.265 e. The van der Waals surface area contributed by atoms with Crippen LogP contribution >= 0.6 is 11.6 Å². The summed E-state index contributed by atoms with van der Waals surface area (Å²) >= 11 is 5.72. The van der Waals surface area contributed by atoms with Crippen molar-refractivity contribution in [3.05, 3.63) is 53.1 Å². The lowest BCUT2D eigenvalue weighted by Crippen LogP contribution is -2.15. The summed E-state index contributed by atoms with van der Waals surface area (Å²) in [5, 5.41) is -0.164. The maximum absolute atomic E-state index is 13.8. The minimum Gasteiger partial charge on any atom is -0.277 e. The van der Waals surface area contributed by atoms with E-state index in [1.165, 1.54) is 24.4 Å². The molecule has 0 aliphatic heterocycles. The molecule has 0 fully saturated rings. The van der Waals surface area contributed by atoms with Crippen molar-refractivity contribution in [1.82, 2.24) is 4.98 Å². The van der Waals surface area contributed by atoms with Crippen LogP contribution in [0.4, 0.5) is 10.1 Å². The number of sulfonamides is 1. The third-order valence-electron chi connectivity index (χ3n) is 2.45. The number of anilines is 1. The summed E-state index contributed by atoms with van der Waals surface area (Å²) in [6.45, 7) is 1.55. The molecule has 1 aromatic carbocycles. The predicted molar refractivity (Wildman–Crippen MR) is 71.2 cm³/mol. The van der Waals surface area contributed by atoms with Gasteiger partial charge in [0.25, 0.3) is 10.0 Å². The van der Waals surface area contributed by atoms with E-state index in [4.69, 9.17) is 11.6 Å². The van der Waals surface area contributed by atoms with Gasteiger partial charge in [-0.3, -0.25) is 4.72 Å². The van der Waals surface area contributed by atoms with E-state index in [-0.39, 0.29) is 15.7 Å². The van der Waals surface area contributed by atoms with Gasteiger partial charge in [-0.2, -0.15) is 0 Å². The lowest BCUT2D eigenvalue weighted by molar-refractivity contribution is 0.597. The zero-order chi connectivity index (χ0) is 14.0. The normalized spacial score (nSPS) is 11.3. The van der Waals surface area contributed by atoms with Crippen molar-refractivity contribution in [3.63, 3.8) is 0 Å². The van der Waals surface area contributed by atoms with Gasteiger partial charge >= 0.3 is 0 Å². The summed E-state index contributed by atoms with van der Waals surface area (Å²) in [6, 6.07) is 7.17. The number of nitrogens with zero attached hydrogens (tertiary/aromatic N) is 1. The van der Waals surface area contributed by atoms with Crippen LogP contribution in [0.15, 0.2) is 41.4 Å². The molecule has 1 aromatic heterocycles. The third-order valence-corrected chi connectivity index (χ3v) is 4.26. The molecule has 2 aromatic rings. The Morgan fingerprint density at radius 3 is 2.68 bits per heavy atom. The number of pyridine rings is 1. The molecule has 0 atom stereocenters. The smallest absolute Gasteiger partial charge is 0.265 e. The first kappa shape index (κ1) is 13.8. The van der Waals surface area contributed by atoms with Gasteiger partial charge in [0.2, 0.25) is 0 Å². The molecule has 2 rings (SSSR count). The van der Waals surface area contributed by atoms with Gasteiger partial charge in [-0.1, -0.05) is 23.7 Å². The van der Waals surface area contributed by atoms with Crippen molar-refractivity contribution in [2.24, 2.45) is 0 Å². The van der Waals surface area contributed by atoms with E-state index >= 15 is 0 Å². The molecule has 0 bridgehead atoms. The number of benzene rings is 1. The second-order valence-corrected chi connectivity index (χ2v) is 5.84. The minimum absolute atomic E-state index is 0.125. The summed E-state index contributed by atoms with van der Waals surface area (Å²) in [5.74, 6) is -0.619. The van der Waals surface area contributed by atoms with Gasteiger partial charge in [-0.05, 0) is 30.7 Å². The average molecular weight is 301 g/mol. The fourth-order valence-corrected chi connectivity index (χ4v) is 3.01. The molecule has 1 heterocycles. The summed E-state index contributed by atoms with van der Waals surface area (Å²) in [5.41, 5.74) is 0.220. The van der Waals surface area contributed by atoms with Crippen LogP contribution in [0.5, 0.6) is 0 Å². The number of nitrogens with one attached hydrogen (secondary N) is 1. The van der Waals surface area contributed by atoms with E-state index < -0.39 is 15.8 Å². The van der Waals surface area contributed by atoms with E-state index in [0.29, 0.717) is 5.56 Å². The van der Waals surface area contributed by atoms with Crippen molar-refractivity contribution >= 4 is 27.3 Å². The fraction of sp³-hybridized carbons (Fsp3) is 0.0833. The van der Waals surface area contributed by atoms with Gasteiger partial charge in [-0.15, -0.1) is 0 Å². The molecular formula is C12H10ClFN2O2S. The van der Waals surface area contributed by atoms with Crippen molar-refractivity contribution < 1.29 is 12.8 Å². The quantitative estimate of drug-likeness (QED) is 0.887. The summed E-state index contributed by atoms with van der Waals surface area (Å²) in [4.78, 5) is 3.48. The van der Waals surface area contributed by atoms with Crippen molar-refractivity contribution in [2.75, 3.05) is 4.72 Å². The van der Waals surface area contributed by atoms with E-state index in [2.05, 4.69) is 9.71 Å². The zero-order valence-corrected chi connectivity index (χ0v) is 11.5. The average Bonchev–Trinajstić information content (AvgIpc) is 2.35. The Kier molecular flexibility index (Phi) is 3.73. The van der Waals surface area contributed by atoms with E-state index in [9.17, 15) is 12.8 Å². The lowest BCUT2D eigenvalue weighted by Gasteiger charge is -2.10. The molecule has 0 saturated carbocycles. The Morgan fingerprint density at radius 1 is 1.26 bits per heavy atom. The number of hydrogen-bond donors (Lipinski definition) is 1. The summed E-state index contributed by atoms with van der Waals surface area (Å²) < 4.78 is 40.1. The summed E-state index contributed by atoms with van der Waals surface area (Å²) in [6.07, 6.45) is 1.37. The van der Waals surface area contributed by atoms with Crippen molar-refractivity contribution in [1.29, 1.82) is 0 Å². The number of aromatic nitrogens is 1. The van der Waals surface area contributed by atoms with Gasteiger partial charge in [0.15, 0.2) is 0 Å². The SMILES string of the molecule is Cc1cccc(NS(=O)(=O)c2cccnc2Cl)c1F. The molecule has 0 spiro atoms. The number of halogens is 2. The van der Waals surface area contributed by atoms with Crippen LogP contribution in [-0.4, -0.2) is 13.4 Å². The highest BCUT2D eigenvalue weighted by molar-refractivity contribution is 7.92. The lowest BCUT2D eigenvalue weighted by atomic mass is 10.2. The Morgan fingerprint density at radius 2 is 2.00 bits per heavy atom. The van der Waals surface area contributed by atoms with E-state index in [1.807, 2.05) is 0 Å². The minimum atomic E-state index is -3.97. The van der Waals surface area contributed by atoms with Crippen LogP contribution < -0.4 is 4.72 Å². The molecule has 0 amide bonds. The van der Waals surface area contributed by atoms with Crippen LogP contribution in [0.25, 0.3) is 0 Å². The maximum atomic E-state index is 13.8. The highest BCUT2D eigenvalue weighted by atomic mass is 35.5. The molecule has 0 radical (unpaired) electrons. The number of aryl methyl sites for hydroxylation is 1. The Hall–Kier alpha value is -1.66. The van der Waals surface area contributed by atoms with Crippen LogP contribution in [0.1, 0.15) is 5.56 Å². The number of rotatable bonds is 3. The molecule has 0 saturated heterocycles. The first-order valence-electron chi connectivity index (χ1n) is 5.30. The molecule has 7 heteroatoms. The Balaban J connectivity index is 2.43. The van der Waals surface area contributed by atoms with Gasteiger partial charge in [-0.25, -0.2) is 17.8 Å². The Bertz CT molecular complexity index is 719. The fourth-order valence-electron chi connectivity index (χ4n) is 1.50. The zero-order valence-electron chi connectivity index (χ0n) is 9.89. The second-order valence-electron chi connectivity index (χ2n) is 3.83. The second kappa shape index (κ2) is 5.14. The molecular weight excluding hydrogens is 291 g/mol. The molecule has 100 valence electrons. The number of hydrogen-bond acceptors (Lipinski definition) is 3. The van der Waals surface area contributed by atoms with Crippen LogP contribution in [0, 0.1) is 12.7 Å². The summed E-state index contributed by atoms with van der Waals surface area (Å²) in [7, 11) is -3.97. The van der Waals surface area contributed by atoms with Gasteiger partial charge < -0.3 is 0 Å². The van der Waals surface area contributed by atoms with Crippen LogP contribution in [0.3, 0.4) is 0 Å². The molecule has 0 aliphatic carbocycles. The van der Waals surface area contributed by atoms with Crippen molar-refractivity contribution in [3.8, 4) is 0 Å². The van der Waals surface area contributed by atoms with Crippen molar-refractivity contribution in [2.45, 2.75) is 11.8 Å².